The number of hydrogen-bond acceptors (Lipinski definition) is 2. The van der Waals surface area contributed by atoms with Gasteiger partial charge in [0.15, 0.2) is 0 Å². The average Bonchev–Trinajstić information content (AvgIpc) is 1.70. The van der Waals surface area contributed by atoms with Crippen LogP contribution in [-0.4, -0.2) is 14.1 Å². The molecule has 0 aliphatic carbocycles. The molecule has 0 N–H and O–H groups in total. The summed E-state index contributed by atoms with van der Waals surface area (Å²) in [5.41, 5.74) is 11.8. The van der Waals surface area contributed by atoms with Crippen LogP contribution in [0.1, 0.15) is 129 Å². The Balaban J connectivity index is 1.08. The molecule has 5 heteroatoms. The number of nitrogens with zero attached hydrogens (tertiary/aromatic N) is 4. The molecule has 12 aromatic rings. The Bertz CT molecular complexity index is 4930. The molecule has 0 radical (unpaired) electrons. The van der Waals surface area contributed by atoms with Crippen molar-refractivity contribution in [3.63, 3.8) is 0 Å². The highest BCUT2D eigenvalue weighted by Gasteiger charge is 2.27. The van der Waals surface area contributed by atoms with E-state index in [1.807, 2.05) is 94.1 Å². The molecular weight excluding hydrogens is 997 g/mol. The van der Waals surface area contributed by atoms with Gasteiger partial charge in [-0.15, -0.1) is 0 Å². The van der Waals surface area contributed by atoms with Gasteiger partial charge in [0.1, 0.15) is 17.3 Å². The summed E-state index contributed by atoms with van der Waals surface area (Å²) in [5, 5.41) is 1.65. The van der Waals surface area contributed by atoms with Gasteiger partial charge in [0.05, 0.1) is 47.1 Å². The maximum atomic E-state index is 9.15. The van der Waals surface area contributed by atoms with Crippen LogP contribution >= 0.6 is 0 Å². The van der Waals surface area contributed by atoms with E-state index in [4.69, 9.17) is 27.5 Å². The highest BCUT2D eigenvalue weighted by atomic mass is 16.5. The molecule has 0 spiro atoms. The predicted octanol–water partition coefficient (Wildman–Crippen LogP) is 20.2. The minimum absolute atomic E-state index is 0.0559. The number of pyridine rings is 1. The topological polar surface area (TPSA) is 35.9 Å². The molecule has 408 valence electrons. The summed E-state index contributed by atoms with van der Waals surface area (Å²) < 4.78 is 125. The quantitative estimate of drug-likeness (QED) is 0.107. The molecule has 0 saturated carbocycles. The van der Waals surface area contributed by atoms with Gasteiger partial charge >= 0.3 is 0 Å². The zero-order valence-corrected chi connectivity index (χ0v) is 48.6. The molecule has 0 atom stereocenters. The van der Waals surface area contributed by atoms with Gasteiger partial charge in [0, 0.05) is 32.7 Å². The fraction of sp³-hybridized carbons (Fsp3) is 0.221. The summed E-state index contributed by atoms with van der Waals surface area (Å²) in [5.74, 6) is 1.06. The lowest BCUT2D eigenvalue weighted by Gasteiger charge is -2.28. The van der Waals surface area contributed by atoms with Gasteiger partial charge in [-0.25, -0.2) is 4.98 Å². The van der Waals surface area contributed by atoms with Crippen LogP contribution in [-0.2, 0) is 21.7 Å². The third-order valence-electron chi connectivity index (χ3n) is 15.5. The van der Waals surface area contributed by atoms with Gasteiger partial charge in [-0.1, -0.05) is 235 Å². The van der Waals surface area contributed by atoms with E-state index in [0.29, 0.717) is 44.8 Å². The van der Waals surface area contributed by atoms with Gasteiger partial charge in [-0.05, 0) is 144 Å². The molecular formula is C77H74N4O. The molecule has 12 rings (SSSR count). The zero-order valence-electron chi connectivity index (χ0n) is 61.6. The average molecular weight is 1080 g/mol. The minimum Gasteiger partial charge on any atom is -0.458 e. The van der Waals surface area contributed by atoms with Gasteiger partial charge in [0.25, 0.3) is 6.33 Å². The fourth-order valence-corrected chi connectivity index (χ4v) is 10.8. The Morgan fingerprint density at radius 1 is 0.463 bits per heavy atom. The van der Waals surface area contributed by atoms with E-state index in [1.54, 1.807) is 0 Å². The Morgan fingerprint density at radius 3 is 1.62 bits per heavy atom. The molecule has 9 aromatic carbocycles. The molecule has 0 saturated heterocycles. The SMILES string of the molecule is [2H]c1c([2H])c([2H])c(-c2ccc3c(c2)n(-c2cccc(Oc4ccc5c6ccccc6n(-c6cc(C([2H])([2H])[2H])c(-c7c([2H])c([2H])c([2H])c([2H])c7[2H])cn6)c5c4)c2)[c-][n+]3-c2c(-c3cc(C(C)(C)C)cc(C(C)(C)C)c3)cccc2-c2cc(C(C)(C)C)cc(C(C)(C)C)c2)c([2H])c1[2H]. The van der Waals surface area contributed by atoms with E-state index in [9.17, 15) is 0 Å². The summed E-state index contributed by atoms with van der Waals surface area (Å²) >= 11 is 0. The molecule has 0 amide bonds. The van der Waals surface area contributed by atoms with Gasteiger partial charge < -0.3 is 4.74 Å². The fourth-order valence-electron chi connectivity index (χ4n) is 10.8. The monoisotopic (exact) mass is 1080 g/mol. The van der Waals surface area contributed by atoms with Crippen molar-refractivity contribution >= 4 is 32.8 Å². The largest absolute Gasteiger partial charge is 0.458 e. The second-order valence-electron chi connectivity index (χ2n) is 25.5. The summed E-state index contributed by atoms with van der Waals surface area (Å²) in [6, 6.07) is 43.2. The van der Waals surface area contributed by atoms with Crippen LogP contribution in [0.15, 0.2) is 212 Å². The van der Waals surface area contributed by atoms with Crippen LogP contribution < -0.4 is 9.30 Å². The number of imidazole rings is 1. The molecule has 0 aliphatic rings. The van der Waals surface area contributed by atoms with Gasteiger partial charge in [-0.3, -0.25) is 13.7 Å². The molecule has 0 aliphatic heterocycles. The van der Waals surface area contributed by atoms with E-state index in [2.05, 4.69) is 149 Å². The van der Waals surface area contributed by atoms with Crippen LogP contribution in [0.25, 0.3) is 94.5 Å². The first-order valence-electron chi connectivity index (χ1n) is 34.4. The summed E-state index contributed by atoms with van der Waals surface area (Å²) in [4.78, 5) is 4.77. The second kappa shape index (κ2) is 20.3. The van der Waals surface area contributed by atoms with Crippen molar-refractivity contribution < 1.29 is 27.1 Å². The third-order valence-corrected chi connectivity index (χ3v) is 15.5. The summed E-state index contributed by atoms with van der Waals surface area (Å²) in [7, 11) is 0. The van der Waals surface area contributed by atoms with Crippen LogP contribution in [0, 0.1) is 13.2 Å². The van der Waals surface area contributed by atoms with E-state index in [0.717, 1.165) is 38.7 Å². The number of hydrogen-bond donors (Lipinski definition) is 0. The second-order valence-corrected chi connectivity index (χ2v) is 25.5. The number of rotatable bonds is 9. The smallest absolute Gasteiger partial charge is 0.269 e. The van der Waals surface area contributed by atoms with E-state index in [1.165, 1.54) is 34.5 Å². The van der Waals surface area contributed by atoms with Crippen molar-refractivity contribution in [1.82, 2.24) is 14.1 Å². The van der Waals surface area contributed by atoms with Crippen molar-refractivity contribution in [2.45, 2.75) is 112 Å². The van der Waals surface area contributed by atoms with E-state index < -0.39 is 55.2 Å². The third kappa shape index (κ3) is 10.2. The maximum absolute atomic E-state index is 9.15. The number of ether oxygens (including phenoxy) is 1. The lowest BCUT2D eigenvalue weighted by atomic mass is 9.77. The molecule has 0 fully saturated rings. The lowest BCUT2D eigenvalue weighted by Crippen LogP contribution is -2.31. The van der Waals surface area contributed by atoms with E-state index in [-0.39, 0.29) is 61.8 Å². The first kappa shape index (κ1) is 40.4. The lowest BCUT2D eigenvalue weighted by molar-refractivity contribution is -0.571. The highest BCUT2D eigenvalue weighted by Crippen LogP contribution is 2.43. The predicted molar refractivity (Wildman–Crippen MR) is 344 cm³/mol. The number of para-hydroxylation sites is 2. The van der Waals surface area contributed by atoms with Gasteiger partial charge in [-0.2, -0.15) is 0 Å². The first-order chi connectivity index (χ1) is 44.4. The normalized spacial score (nSPS) is 14.9. The zero-order chi connectivity index (χ0) is 68.7. The molecule has 5 nitrogen and oxygen atoms in total. The number of benzene rings is 9. The van der Waals surface area contributed by atoms with Crippen LogP contribution in [0.3, 0.4) is 0 Å². The van der Waals surface area contributed by atoms with Crippen molar-refractivity contribution in [2.75, 3.05) is 0 Å². The Kier molecular flexibility index (Phi) is 10.0. The maximum Gasteiger partial charge on any atom is 0.269 e. The van der Waals surface area contributed by atoms with Crippen LogP contribution in [0.4, 0.5) is 0 Å². The minimum atomic E-state index is -2.80. The van der Waals surface area contributed by atoms with Crippen molar-refractivity contribution in [2.24, 2.45) is 0 Å². The van der Waals surface area contributed by atoms with E-state index >= 15 is 0 Å². The molecule has 0 unspecified atom stereocenters. The van der Waals surface area contributed by atoms with Crippen LogP contribution in [0.2, 0.25) is 0 Å². The van der Waals surface area contributed by atoms with Crippen molar-refractivity contribution in [3.05, 3.63) is 246 Å². The van der Waals surface area contributed by atoms with Crippen molar-refractivity contribution in [1.29, 1.82) is 0 Å². The van der Waals surface area contributed by atoms with Crippen molar-refractivity contribution in [3.8, 4) is 73.2 Å². The number of aromatic nitrogens is 4. The van der Waals surface area contributed by atoms with Crippen LogP contribution in [0.5, 0.6) is 11.5 Å². The Hall–Kier alpha value is -8.80. The molecule has 3 heterocycles. The summed E-state index contributed by atoms with van der Waals surface area (Å²) in [6.45, 7) is 24.0. The Morgan fingerprint density at radius 2 is 1.02 bits per heavy atom. The highest BCUT2D eigenvalue weighted by molar-refractivity contribution is 6.09. The molecule has 3 aromatic heterocycles. The number of aryl methyl sites for hydroxylation is 1. The standard InChI is InChI=1S/C77H74N4O/c1-50-38-72(78-48-67(50)52-26-18-15-19-27-52)81-68-33-21-20-30-65(68)66-36-35-62(47-70(66)81)82-61-29-22-28-60(46-61)79-49-80(69-37-34-53(43-71(69)79)51-24-16-14-17-25-51)73-63(54-39-56(74(2,3)4)44-57(40-54)75(5,6)7)31-23-32-64(73)55-41-58(76(8,9)10)45-59(42-55)77(11,12)13/h14-48H,1-13H3/i1D3,14D,15D,16D,17D,18D,19D,24D,25D,26D,27D. The Labute approximate surface area is 503 Å². The first-order valence-corrected chi connectivity index (χ1v) is 27.9. The summed E-state index contributed by atoms with van der Waals surface area (Å²) in [6.07, 6.45) is 5.10. The van der Waals surface area contributed by atoms with Gasteiger partial charge in [0.2, 0.25) is 0 Å². The molecule has 82 heavy (non-hydrogen) atoms. The number of fused-ring (bicyclic) bond motifs is 4. The molecule has 0 bridgehead atoms.